The average molecular weight is 236 g/mol. The number of hydrogen-bond donors (Lipinski definition) is 2. The largest absolute Gasteiger partial charge is 0.478 e. The Balaban J connectivity index is 2.52. The predicted molar refractivity (Wildman–Crippen MR) is 64.7 cm³/mol. The normalized spacial score (nSPS) is 16.1. The van der Waals surface area contributed by atoms with E-state index in [1.54, 1.807) is 11.6 Å². The molecule has 0 spiro atoms. The highest BCUT2D eigenvalue weighted by Gasteiger charge is 2.20. The maximum Gasteiger partial charge on any atom is 0.337 e. The first kappa shape index (κ1) is 11.7. The molecule has 5 heteroatoms. The Labute approximate surface area is 99.1 Å². The van der Waals surface area contributed by atoms with E-state index in [9.17, 15) is 9.59 Å². The molecule has 1 aliphatic rings. The van der Waals surface area contributed by atoms with Gasteiger partial charge in [-0.15, -0.1) is 0 Å². The summed E-state index contributed by atoms with van der Waals surface area (Å²) in [6, 6.07) is 1.53. The Bertz CT molecular complexity index is 487. The van der Waals surface area contributed by atoms with Gasteiger partial charge in [-0.2, -0.15) is 0 Å². The minimum atomic E-state index is -1.01. The van der Waals surface area contributed by atoms with Crippen LogP contribution in [0.4, 0.5) is 5.69 Å². The number of nitrogens with one attached hydrogen (secondary N) is 1. The fourth-order valence-electron chi connectivity index (χ4n) is 2.35. The molecule has 0 radical (unpaired) electrons. The van der Waals surface area contributed by atoms with Crippen molar-refractivity contribution in [2.45, 2.75) is 31.7 Å². The molecular weight excluding hydrogens is 220 g/mol. The van der Waals surface area contributed by atoms with E-state index in [0.717, 1.165) is 25.7 Å². The zero-order valence-electron chi connectivity index (χ0n) is 9.77. The monoisotopic (exact) mass is 236 g/mol. The minimum Gasteiger partial charge on any atom is -0.478 e. The van der Waals surface area contributed by atoms with Crippen LogP contribution in [0.25, 0.3) is 0 Å². The van der Waals surface area contributed by atoms with Crippen LogP contribution in [0.3, 0.4) is 0 Å². The van der Waals surface area contributed by atoms with Crippen LogP contribution < -0.4 is 10.9 Å². The zero-order chi connectivity index (χ0) is 12.4. The van der Waals surface area contributed by atoms with Gasteiger partial charge >= 0.3 is 5.97 Å². The molecule has 92 valence electrons. The Kier molecular flexibility index (Phi) is 3.17. The molecule has 1 saturated carbocycles. The van der Waals surface area contributed by atoms with Gasteiger partial charge in [0.2, 0.25) is 0 Å². The lowest BCUT2D eigenvalue weighted by molar-refractivity contribution is 0.0695. The fraction of sp³-hybridized carbons (Fsp3) is 0.500. The van der Waals surface area contributed by atoms with Gasteiger partial charge < -0.3 is 15.0 Å². The average Bonchev–Trinajstić information content (AvgIpc) is 2.82. The third kappa shape index (κ3) is 2.18. The van der Waals surface area contributed by atoms with E-state index in [1.165, 1.54) is 12.3 Å². The quantitative estimate of drug-likeness (QED) is 0.838. The van der Waals surface area contributed by atoms with E-state index in [-0.39, 0.29) is 17.2 Å². The summed E-state index contributed by atoms with van der Waals surface area (Å²) in [6.07, 6.45) is 5.56. The smallest absolute Gasteiger partial charge is 0.337 e. The second-order valence-electron chi connectivity index (χ2n) is 4.35. The van der Waals surface area contributed by atoms with E-state index in [2.05, 4.69) is 5.32 Å². The fourth-order valence-corrected chi connectivity index (χ4v) is 2.35. The van der Waals surface area contributed by atoms with Gasteiger partial charge in [0.05, 0.1) is 5.56 Å². The standard InChI is InChI=1S/C12H16N2O3/c1-13-10-6-8(12(16)17)7-14(11(10)15)9-4-2-3-5-9/h6-7,9,13H,2-5H2,1H3,(H,16,17). The molecule has 1 aromatic heterocycles. The molecule has 1 heterocycles. The van der Waals surface area contributed by atoms with Gasteiger partial charge in [-0.3, -0.25) is 4.79 Å². The molecule has 17 heavy (non-hydrogen) atoms. The number of hydrogen-bond acceptors (Lipinski definition) is 3. The van der Waals surface area contributed by atoms with Crippen molar-refractivity contribution in [1.29, 1.82) is 0 Å². The van der Waals surface area contributed by atoms with E-state index >= 15 is 0 Å². The van der Waals surface area contributed by atoms with Crippen molar-refractivity contribution in [2.75, 3.05) is 12.4 Å². The van der Waals surface area contributed by atoms with Crippen molar-refractivity contribution in [3.63, 3.8) is 0 Å². The summed E-state index contributed by atoms with van der Waals surface area (Å²) < 4.78 is 1.57. The highest BCUT2D eigenvalue weighted by atomic mass is 16.4. The number of anilines is 1. The van der Waals surface area contributed by atoms with Gasteiger partial charge in [0, 0.05) is 19.3 Å². The van der Waals surface area contributed by atoms with Gasteiger partial charge in [0.25, 0.3) is 5.56 Å². The van der Waals surface area contributed by atoms with Gasteiger partial charge in [0.1, 0.15) is 5.69 Å². The van der Waals surface area contributed by atoms with Crippen molar-refractivity contribution < 1.29 is 9.90 Å². The topological polar surface area (TPSA) is 71.3 Å². The minimum absolute atomic E-state index is 0.135. The Morgan fingerprint density at radius 1 is 1.47 bits per heavy atom. The molecule has 0 saturated heterocycles. The summed E-state index contributed by atoms with van der Waals surface area (Å²) in [5.74, 6) is -1.01. The first-order chi connectivity index (χ1) is 8.13. The Morgan fingerprint density at radius 3 is 2.65 bits per heavy atom. The summed E-state index contributed by atoms with van der Waals surface area (Å²) in [5.41, 5.74) is 0.363. The lowest BCUT2D eigenvalue weighted by Crippen LogP contribution is -2.26. The van der Waals surface area contributed by atoms with Crippen LogP contribution in [0, 0.1) is 0 Å². The van der Waals surface area contributed by atoms with Crippen LogP contribution in [0.15, 0.2) is 17.1 Å². The summed E-state index contributed by atoms with van der Waals surface area (Å²) in [5, 5.41) is 11.8. The maximum atomic E-state index is 12.1. The lowest BCUT2D eigenvalue weighted by atomic mass is 10.2. The molecular formula is C12H16N2O3. The van der Waals surface area contributed by atoms with Crippen LogP contribution in [-0.2, 0) is 0 Å². The highest BCUT2D eigenvalue weighted by molar-refractivity contribution is 5.88. The van der Waals surface area contributed by atoms with Gasteiger partial charge in [-0.05, 0) is 18.9 Å². The number of nitrogens with zero attached hydrogens (tertiary/aromatic N) is 1. The SMILES string of the molecule is CNc1cc(C(=O)O)cn(C2CCCC2)c1=O. The third-order valence-electron chi connectivity index (χ3n) is 3.28. The number of carboxylic acid groups (broad SMARTS) is 1. The molecule has 0 bridgehead atoms. The molecule has 2 rings (SSSR count). The summed E-state index contributed by atoms with van der Waals surface area (Å²) in [7, 11) is 1.63. The lowest BCUT2D eigenvalue weighted by Gasteiger charge is -2.15. The number of pyridine rings is 1. The molecule has 0 aliphatic heterocycles. The summed E-state index contributed by atoms with van der Waals surface area (Å²) in [6.45, 7) is 0. The van der Waals surface area contributed by atoms with Crippen LogP contribution >= 0.6 is 0 Å². The number of aromatic carboxylic acids is 1. The van der Waals surface area contributed by atoms with Crippen LogP contribution in [0.5, 0.6) is 0 Å². The van der Waals surface area contributed by atoms with Crippen molar-refractivity contribution in [3.8, 4) is 0 Å². The van der Waals surface area contributed by atoms with Crippen molar-refractivity contribution in [3.05, 3.63) is 28.2 Å². The number of carbonyl (C=O) groups is 1. The second-order valence-corrected chi connectivity index (χ2v) is 4.35. The van der Waals surface area contributed by atoms with E-state index in [0.29, 0.717) is 5.69 Å². The zero-order valence-corrected chi connectivity index (χ0v) is 9.77. The van der Waals surface area contributed by atoms with Crippen molar-refractivity contribution in [2.24, 2.45) is 0 Å². The van der Waals surface area contributed by atoms with Crippen LogP contribution in [0.1, 0.15) is 42.1 Å². The van der Waals surface area contributed by atoms with E-state index < -0.39 is 5.97 Å². The number of rotatable bonds is 3. The number of carboxylic acids is 1. The Hall–Kier alpha value is -1.78. The maximum absolute atomic E-state index is 12.1. The van der Waals surface area contributed by atoms with Crippen LogP contribution in [-0.4, -0.2) is 22.7 Å². The van der Waals surface area contributed by atoms with Crippen LogP contribution in [0.2, 0.25) is 0 Å². The summed E-state index contributed by atoms with van der Waals surface area (Å²) in [4.78, 5) is 23.1. The molecule has 0 aromatic carbocycles. The first-order valence-electron chi connectivity index (χ1n) is 5.80. The van der Waals surface area contributed by atoms with Gasteiger partial charge in [0.15, 0.2) is 0 Å². The molecule has 1 aliphatic carbocycles. The first-order valence-corrected chi connectivity index (χ1v) is 5.80. The summed E-state index contributed by atoms with van der Waals surface area (Å²) >= 11 is 0. The van der Waals surface area contributed by atoms with Crippen molar-refractivity contribution in [1.82, 2.24) is 4.57 Å². The molecule has 1 fully saturated rings. The van der Waals surface area contributed by atoms with E-state index in [1.807, 2.05) is 0 Å². The van der Waals surface area contributed by atoms with Gasteiger partial charge in [-0.25, -0.2) is 4.79 Å². The van der Waals surface area contributed by atoms with Gasteiger partial charge in [-0.1, -0.05) is 12.8 Å². The molecule has 0 amide bonds. The molecule has 1 aromatic rings. The molecule has 0 atom stereocenters. The number of aromatic nitrogens is 1. The second kappa shape index (κ2) is 4.61. The molecule has 2 N–H and O–H groups in total. The van der Waals surface area contributed by atoms with E-state index in [4.69, 9.17) is 5.11 Å². The predicted octanol–water partition coefficient (Wildman–Crippen LogP) is 1.70. The Morgan fingerprint density at radius 2 is 2.12 bits per heavy atom. The van der Waals surface area contributed by atoms with Crippen molar-refractivity contribution >= 4 is 11.7 Å². The highest BCUT2D eigenvalue weighted by Crippen LogP contribution is 2.28. The molecule has 0 unspecified atom stereocenters. The third-order valence-corrected chi connectivity index (χ3v) is 3.28. The molecule has 5 nitrogen and oxygen atoms in total.